The molecule has 1 saturated heterocycles. The summed E-state index contributed by atoms with van der Waals surface area (Å²) < 4.78 is 5.45. The summed E-state index contributed by atoms with van der Waals surface area (Å²) in [5, 5.41) is 6.40. The smallest absolute Gasteiger partial charge is 0.226 e. The summed E-state index contributed by atoms with van der Waals surface area (Å²) in [6.07, 6.45) is 5.51. The molecule has 0 saturated carbocycles. The predicted molar refractivity (Wildman–Crippen MR) is 94.9 cm³/mol. The molecule has 24 heavy (non-hydrogen) atoms. The van der Waals surface area contributed by atoms with E-state index in [1.165, 1.54) is 12.8 Å². The first kappa shape index (κ1) is 16.7. The molecule has 2 heterocycles. The number of carbonyl (C=O) groups is 1. The number of nitrogens with zero attached hydrogens (tertiary/aromatic N) is 1. The lowest BCUT2D eigenvalue weighted by Crippen LogP contribution is -2.28. The maximum atomic E-state index is 12.3. The van der Waals surface area contributed by atoms with Crippen molar-refractivity contribution < 1.29 is 9.21 Å². The van der Waals surface area contributed by atoms with Crippen molar-refractivity contribution in [3.8, 4) is 11.5 Å². The molecule has 0 spiro atoms. The van der Waals surface area contributed by atoms with E-state index >= 15 is 0 Å². The molecule has 2 N–H and O–H groups in total. The van der Waals surface area contributed by atoms with Gasteiger partial charge in [0.05, 0.1) is 5.69 Å². The molecule has 1 amide bonds. The molecule has 5 nitrogen and oxygen atoms in total. The summed E-state index contributed by atoms with van der Waals surface area (Å²) in [6, 6.07) is 5.88. The predicted octanol–water partition coefficient (Wildman–Crippen LogP) is 3.68. The number of benzene rings is 1. The summed E-state index contributed by atoms with van der Waals surface area (Å²) >= 11 is 0. The van der Waals surface area contributed by atoms with Crippen LogP contribution in [0.25, 0.3) is 11.5 Å². The number of nitrogens with one attached hydrogen (secondary N) is 2. The van der Waals surface area contributed by atoms with Crippen molar-refractivity contribution in [1.29, 1.82) is 0 Å². The van der Waals surface area contributed by atoms with E-state index in [4.69, 9.17) is 4.42 Å². The van der Waals surface area contributed by atoms with Gasteiger partial charge in [-0.25, -0.2) is 4.98 Å². The normalized spacial score (nSPS) is 15.4. The Morgan fingerprint density at radius 3 is 2.83 bits per heavy atom. The highest BCUT2D eigenvalue weighted by Gasteiger charge is 2.15. The minimum atomic E-state index is 0.0809. The Kier molecular flexibility index (Phi) is 5.30. The standard InChI is InChI=1S/C19H25N3O2/c1-13-3-5-16(19-21-14(2)12-24-19)11-17(13)22-18(23)6-4-15-7-9-20-10-8-15/h3,5,11-12,15,20H,4,6-10H2,1-2H3,(H,22,23). The van der Waals surface area contributed by atoms with E-state index in [0.29, 0.717) is 18.2 Å². The van der Waals surface area contributed by atoms with Crippen molar-refractivity contribution in [2.75, 3.05) is 18.4 Å². The Balaban J connectivity index is 1.62. The van der Waals surface area contributed by atoms with Crippen molar-refractivity contribution in [3.05, 3.63) is 35.7 Å². The minimum Gasteiger partial charge on any atom is -0.444 e. The lowest BCUT2D eigenvalue weighted by Gasteiger charge is -2.22. The molecule has 1 aromatic carbocycles. The van der Waals surface area contributed by atoms with Gasteiger partial charge in [0.15, 0.2) is 0 Å². The number of rotatable bonds is 5. The van der Waals surface area contributed by atoms with Crippen molar-refractivity contribution in [1.82, 2.24) is 10.3 Å². The average Bonchev–Trinajstić information content (AvgIpc) is 3.02. The third-order valence-electron chi connectivity index (χ3n) is 4.62. The van der Waals surface area contributed by atoms with Gasteiger partial charge in [0, 0.05) is 17.7 Å². The van der Waals surface area contributed by atoms with Crippen LogP contribution in [0.15, 0.2) is 28.9 Å². The van der Waals surface area contributed by atoms with Gasteiger partial charge >= 0.3 is 0 Å². The van der Waals surface area contributed by atoms with Gasteiger partial charge in [-0.2, -0.15) is 0 Å². The zero-order valence-corrected chi connectivity index (χ0v) is 14.4. The van der Waals surface area contributed by atoms with Crippen molar-refractivity contribution in [2.45, 2.75) is 39.5 Å². The number of carbonyl (C=O) groups excluding carboxylic acids is 1. The molecule has 0 aliphatic carbocycles. The lowest BCUT2D eigenvalue weighted by atomic mass is 9.93. The Bertz CT molecular complexity index is 702. The molecule has 0 unspecified atom stereocenters. The van der Waals surface area contributed by atoms with Gasteiger partial charge in [0.25, 0.3) is 0 Å². The van der Waals surface area contributed by atoms with E-state index in [1.807, 2.05) is 32.0 Å². The molecule has 0 radical (unpaired) electrons. The Labute approximate surface area is 142 Å². The summed E-state index contributed by atoms with van der Waals surface area (Å²) in [5.74, 6) is 1.33. The molecule has 2 aromatic rings. The second-order valence-corrected chi connectivity index (χ2v) is 6.60. The second-order valence-electron chi connectivity index (χ2n) is 6.60. The van der Waals surface area contributed by atoms with Crippen LogP contribution < -0.4 is 10.6 Å². The van der Waals surface area contributed by atoms with Gasteiger partial charge in [-0.1, -0.05) is 6.07 Å². The van der Waals surface area contributed by atoms with E-state index in [1.54, 1.807) is 6.26 Å². The first-order chi connectivity index (χ1) is 11.6. The summed E-state index contributed by atoms with van der Waals surface area (Å²) in [7, 11) is 0. The summed E-state index contributed by atoms with van der Waals surface area (Å²) in [5.41, 5.74) is 3.59. The quantitative estimate of drug-likeness (QED) is 0.879. The van der Waals surface area contributed by atoms with E-state index in [-0.39, 0.29) is 5.91 Å². The number of aromatic nitrogens is 1. The Morgan fingerprint density at radius 2 is 2.12 bits per heavy atom. The Hall–Kier alpha value is -2.14. The molecule has 128 valence electrons. The van der Waals surface area contributed by atoms with E-state index in [0.717, 1.165) is 42.0 Å². The maximum Gasteiger partial charge on any atom is 0.226 e. The maximum absolute atomic E-state index is 12.3. The van der Waals surface area contributed by atoms with Crippen LogP contribution in [0.3, 0.4) is 0 Å². The lowest BCUT2D eigenvalue weighted by molar-refractivity contribution is -0.116. The fraction of sp³-hybridized carbons (Fsp3) is 0.474. The molecule has 5 heteroatoms. The molecule has 1 aliphatic rings. The van der Waals surface area contributed by atoms with Crippen LogP contribution >= 0.6 is 0 Å². The topological polar surface area (TPSA) is 67.2 Å². The highest BCUT2D eigenvalue weighted by atomic mass is 16.3. The van der Waals surface area contributed by atoms with Crippen LogP contribution in [0.1, 0.15) is 36.9 Å². The van der Waals surface area contributed by atoms with Crippen LogP contribution in [0.4, 0.5) is 5.69 Å². The van der Waals surface area contributed by atoms with Gasteiger partial charge in [-0.3, -0.25) is 4.79 Å². The van der Waals surface area contributed by atoms with Crippen LogP contribution in [-0.2, 0) is 4.79 Å². The number of anilines is 1. The fourth-order valence-electron chi connectivity index (χ4n) is 3.09. The first-order valence-electron chi connectivity index (χ1n) is 8.65. The molecular formula is C19H25N3O2. The second kappa shape index (κ2) is 7.62. The summed E-state index contributed by atoms with van der Waals surface area (Å²) in [6.45, 7) is 6.03. The summed E-state index contributed by atoms with van der Waals surface area (Å²) in [4.78, 5) is 16.6. The van der Waals surface area contributed by atoms with E-state index < -0.39 is 0 Å². The Morgan fingerprint density at radius 1 is 1.33 bits per heavy atom. The van der Waals surface area contributed by atoms with Crippen LogP contribution in [-0.4, -0.2) is 24.0 Å². The highest BCUT2D eigenvalue weighted by Crippen LogP contribution is 2.25. The van der Waals surface area contributed by atoms with Gasteiger partial charge in [0.1, 0.15) is 6.26 Å². The number of hydrogen-bond donors (Lipinski definition) is 2. The van der Waals surface area contributed by atoms with Crippen LogP contribution in [0, 0.1) is 19.8 Å². The highest BCUT2D eigenvalue weighted by molar-refractivity contribution is 5.92. The third kappa shape index (κ3) is 4.23. The van der Waals surface area contributed by atoms with Crippen LogP contribution in [0.2, 0.25) is 0 Å². The van der Waals surface area contributed by atoms with Crippen molar-refractivity contribution in [2.24, 2.45) is 5.92 Å². The molecule has 1 aromatic heterocycles. The molecule has 0 bridgehead atoms. The zero-order valence-electron chi connectivity index (χ0n) is 14.4. The molecule has 1 fully saturated rings. The number of hydrogen-bond acceptors (Lipinski definition) is 4. The number of amides is 1. The van der Waals surface area contributed by atoms with Gasteiger partial charge in [0.2, 0.25) is 11.8 Å². The number of oxazole rings is 1. The van der Waals surface area contributed by atoms with Gasteiger partial charge in [-0.15, -0.1) is 0 Å². The molecular weight excluding hydrogens is 302 g/mol. The van der Waals surface area contributed by atoms with Gasteiger partial charge < -0.3 is 15.1 Å². The van der Waals surface area contributed by atoms with E-state index in [2.05, 4.69) is 15.6 Å². The zero-order chi connectivity index (χ0) is 16.9. The molecule has 0 atom stereocenters. The monoisotopic (exact) mass is 327 g/mol. The van der Waals surface area contributed by atoms with Crippen LogP contribution in [0.5, 0.6) is 0 Å². The average molecular weight is 327 g/mol. The SMILES string of the molecule is Cc1coc(-c2ccc(C)c(NC(=O)CCC3CCNCC3)c2)n1. The van der Waals surface area contributed by atoms with Crippen molar-refractivity contribution >= 4 is 11.6 Å². The minimum absolute atomic E-state index is 0.0809. The van der Waals surface area contributed by atoms with Gasteiger partial charge in [-0.05, 0) is 69.8 Å². The first-order valence-corrected chi connectivity index (χ1v) is 8.65. The third-order valence-corrected chi connectivity index (χ3v) is 4.62. The fourth-order valence-corrected chi connectivity index (χ4v) is 3.09. The van der Waals surface area contributed by atoms with Crippen molar-refractivity contribution in [3.63, 3.8) is 0 Å². The largest absolute Gasteiger partial charge is 0.444 e. The molecule has 1 aliphatic heterocycles. The number of aryl methyl sites for hydroxylation is 2. The van der Waals surface area contributed by atoms with E-state index in [9.17, 15) is 4.79 Å². The molecule has 3 rings (SSSR count). The number of piperidine rings is 1.